The summed E-state index contributed by atoms with van der Waals surface area (Å²) >= 11 is 3.52. The third kappa shape index (κ3) is 4.45. The maximum Gasteiger partial charge on any atom is 0.441 e. The third-order valence-electron chi connectivity index (χ3n) is 5.09. The zero-order chi connectivity index (χ0) is 21.7. The van der Waals surface area contributed by atoms with Crippen LogP contribution in [0.5, 0.6) is 5.75 Å². The molecule has 1 atom stereocenters. The van der Waals surface area contributed by atoms with Gasteiger partial charge in [0.15, 0.2) is 0 Å². The number of methoxy groups -OCH3 is 1. The Morgan fingerprint density at radius 1 is 1.27 bits per heavy atom. The van der Waals surface area contributed by atoms with Gasteiger partial charge in [-0.15, -0.1) is 0 Å². The fraction of sp³-hybridized carbons (Fsp3) is 0.318. The maximum absolute atomic E-state index is 12.9. The average Bonchev–Trinajstić information content (AvgIpc) is 2.74. The zero-order valence-electron chi connectivity index (χ0n) is 16.8. The molecule has 0 spiro atoms. The quantitative estimate of drug-likeness (QED) is 0.201. The number of hydrogen-bond acceptors (Lipinski definition) is 5. The highest BCUT2D eigenvalue weighted by molar-refractivity contribution is 9.10. The van der Waals surface area contributed by atoms with Gasteiger partial charge in [0, 0.05) is 18.7 Å². The van der Waals surface area contributed by atoms with Crippen molar-refractivity contribution in [2.75, 3.05) is 25.2 Å². The Morgan fingerprint density at radius 3 is 2.70 bits per heavy atom. The minimum Gasteiger partial charge on any atom is -0.496 e. The van der Waals surface area contributed by atoms with E-state index < -0.39 is 17.5 Å². The zero-order valence-corrected chi connectivity index (χ0v) is 18.4. The van der Waals surface area contributed by atoms with Crippen LogP contribution in [0.3, 0.4) is 0 Å². The minimum absolute atomic E-state index is 0.0289. The lowest BCUT2D eigenvalue weighted by Gasteiger charge is -2.38. The van der Waals surface area contributed by atoms with Crippen LogP contribution in [0.4, 0.5) is 5.69 Å². The molecule has 0 fully saturated rings. The summed E-state index contributed by atoms with van der Waals surface area (Å²) in [5.74, 6) is -0.788. The first-order valence-electron chi connectivity index (χ1n) is 9.60. The predicted molar refractivity (Wildman–Crippen MR) is 116 cm³/mol. The molecular weight excluding hydrogens is 450 g/mol. The van der Waals surface area contributed by atoms with Gasteiger partial charge < -0.3 is 19.9 Å². The number of halogens is 1. The number of hydrogen-bond donors (Lipinski definition) is 0. The van der Waals surface area contributed by atoms with E-state index in [0.29, 0.717) is 12.3 Å². The number of benzene rings is 2. The Bertz CT molecular complexity index is 1020. The first-order valence-corrected chi connectivity index (χ1v) is 10.4. The Morgan fingerprint density at radius 2 is 2.03 bits per heavy atom. The van der Waals surface area contributed by atoms with Gasteiger partial charge in [-0.1, -0.05) is 24.3 Å². The summed E-state index contributed by atoms with van der Waals surface area (Å²) < 4.78 is 11.0. The summed E-state index contributed by atoms with van der Waals surface area (Å²) in [5, 5.41) is 0. The number of rotatable bonds is 7. The van der Waals surface area contributed by atoms with Crippen molar-refractivity contribution < 1.29 is 23.9 Å². The lowest BCUT2D eigenvalue weighted by molar-refractivity contribution is -0.141. The van der Waals surface area contributed by atoms with Gasteiger partial charge in [-0.3, -0.25) is 4.79 Å². The van der Waals surface area contributed by atoms with Crippen LogP contribution in [0, 0.1) is 0 Å². The topological polar surface area (TPSA) is 92.2 Å². The molecule has 0 saturated heterocycles. The second kappa shape index (κ2) is 9.69. The van der Waals surface area contributed by atoms with Crippen LogP contribution in [0.1, 0.15) is 30.5 Å². The van der Waals surface area contributed by atoms with E-state index in [0.717, 1.165) is 27.7 Å². The van der Waals surface area contributed by atoms with E-state index in [1.807, 2.05) is 42.5 Å². The Labute approximate surface area is 183 Å². The summed E-state index contributed by atoms with van der Waals surface area (Å²) in [6, 6.07) is 13.3. The maximum atomic E-state index is 12.9. The summed E-state index contributed by atoms with van der Waals surface area (Å²) in [7, 11) is 1.60. The van der Waals surface area contributed by atoms with E-state index in [9.17, 15) is 15.1 Å². The number of esters is 1. The first-order chi connectivity index (χ1) is 14.5. The number of Topliss-reactive ketones (excluding diaryl/α,β-unsaturated/α-hetero) is 1. The largest absolute Gasteiger partial charge is 0.496 e. The molecule has 0 aliphatic carbocycles. The van der Waals surface area contributed by atoms with Crippen molar-refractivity contribution >= 4 is 39.1 Å². The molecule has 0 aromatic heterocycles. The molecule has 0 N–H and O–H groups in total. The van der Waals surface area contributed by atoms with Crippen molar-refractivity contribution in [1.82, 2.24) is 0 Å². The van der Waals surface area contributed by atoms with Gasteiger partial charge in [0.05, 0.1) is 24.2 Å². The summed E-state index contributed by atoms with van der Waals surface area (Å²) in [6.07, 6.45) is 0.794. The number of ether oxygens (including phenoxy) is 2. The van der Waals surface area contributed by atoms with Crippen molar-refractivity contribution in [3.63, 3.8) is 0 Å². The molecule has 3 rings (SSSR count). The number of ketones is 1. The van der Waals surface area contributed by atoms with E-state index in [4.69, 9.17) is 9.47 Å². The molecule has 8 heteroatoms. The molecule has 0 saturated carbocycles. The van der Waals surface area contributed by atoms with Gasteiger partial charge in [0.25, 0.3) is 5.78 Å². The number of fused-ring (bicyclic) bond motifs is 1. The molecule has 1 aliphatic rings. The lowest BCUT2D eigenvalue weighted by Crippen LogP contribution is -2.39. The molecule has 1 aliphatic heterocycles. The van der Waals surface area contributed by atoms with Crippen molar-refractivity contribution in [1.29, 1.82) is 0 Å². The van der Waals surface area contributed by atoms with Gasteiger partial charge in [0.1, 0.15) is 5.75 Å². The lowest BCUT2D eigenvalue weighted by atomic mass is 9.88. The molecule has 2 aromatic rings. The molecule has 1 heterocycles. The Hall–Kier alpha value is -2.96. The van der Waals surface area contributed by atoms with Crippen LogP contribution in [0.15, 0.2) is 46.9 Å². The number of carbonyl (C=O) groups excluding carboxylic acids is 2. The van der Waals surface area contributed by atoms with E-state index in [-0.39, 0.29) is 19.1 Å². The van der Waals surface area contributed by atoms with Gasteiger partial charge in [0.2, 0.25) is 0 Å². The summed E-state index contributed by atoms with van der Waals surface area (Å²) in [4.78, 5) is 29.9. The number of nitrogens with zero attached hydrogens (tertiary/aromatic N) is 3. The van der Waals surface area contributed by atoms with Gasteiger partial charge in [-0.2, -0.15) is 4.79 Å². The smallest absolute Gasteiger partial charge is 0.441 e. The van der Waals surface area contributed by atoms with Crippen LogP contribution in [0.2, 0.25) is 0 Å². The normalized spacial score (nSPS) is 15.0. The van der Waals surface area contributed by atoms with Crippen molar-refractivity contribution in [3.8, 4) is 5.75 Å². The molecule has 0 bridgehead atoms. The molecule has 1 unspecified atom stereocenters. The number of carbonyl (C=O) groups is 2. The van der Waals surface area contributed by atoms with Crippen LogP contribution >= 0.6 is 15.9 Å². The van der Waals surface area contributed by atoms with Crippen molar-refractivity contribution in [3.05, 3.63) is 63.6 Å². The third-order valence-corrected chi connectivity index (χ3v) is 5.71. The van der Waals surface area contributed by atoms with Gasteiger partial charge in [-0.05, 0) is 58.6 Å². The van der Waals surface area contributed by atoms with Crippen LogP contribution < -0.4 is 9.64 Å². The summed E-state index contributed by atoms with van der Waals surface area (Å²) in [6.45, 7) is 2.40. The molecular formula is C22H22BrN3O4. The predicted octanol–water partition coefficient (Wildman–Crippen LogP) is 3.75. The standard InChI is InChI=1S/C22H22BrN3O4/c1-3-30-22(28)21(25-24)19(27)13-18-16-7-5-4-6-14(16)10-11-26(18)15-8-9-20(29-2)17(23)12-15/h4-9,12,18H,3,10-11,13H2,1-2H3. The highest BCUT2D eigenvalue weighted by atomic mass is 79.9. The van der Waals surface area contributed by atoms with E-state index in [1.54, 1.807) is 14.0 Å². The second-order valence-corrected chi connectivity index (χ2v) is 7.63. The fourth-order valence-electron chi connectivity index (χ4n) is 3.70. The van der Waals surface area contributed by atoms with E-state index >= 15 is 0 Å². The molecule has 2 aromatic carbocycles. The van der Waals surface area contributed by atoms with Crippen molar-refractivity contribution in [2.24, 2.45) is 0 Å². The molecule has 0 amide bonds. The Balaban J connectivity index is 1.97. The SMILES string of the molecule is CCOC(=O)C(=[N+]=[N-])C(=O)CC1c2ccccc2CCN1c1ccc(OC)c(Br)c1. The van der Waals surface area contributed by atoms with Crippen molar-refractivity contribution in [2.45, 2.75) is 25.8 Å². The average molecular weight is 472 g/mol. The molecule has 0 radical (unpaired) electrons. The van der Waals surface area contributed by atoms with Gasteiger partial charge in [-0.25, -0.2) is 4.79 Å². The molecule has 156 valence electrons. The number of anilines is 1. The molecule has 7 nitrogen and oxygen atoms in total. The van der Waals surface area contributed by atoms with E-state index in [2.05, 4.69) is 25.6 Å². The van der Waals surface area contributed by atoms with Crippen LogP contribution in [-0.4, -0.2) is 42.5 Å². The van der Waals surface area contributed by atoms with E-state index in [1.165, 1.54) is 0 Å². The fourth-order valence-corrected chi connectivity index (χ4v) is 4.23. The van der Waals surface area contributed by atoms with Crippen LogP contribution in [-0.2, 0) is 20.7 Å². The monoisotopic (exact) mass is 471 g/mol. The summed E-state index contributed by atoms with van der Waals surface area (Å²) in [5.41, 5.74) is 11.7. The first kappa shape index (κ1) is 21.7. The molecule has 30 heavy (non-hydrogen) atoms. The van der Waals surface area contributed by atoms with Gasteiger partial charge >= 0.3 is 11.7 Å². The highest BCUT2D eigenvalue weighted by Gasteiger charge is 2.37. The highest BCUT2D eigenvalue weighted by Crippen LogP contribution is 2.38. The Kier molecular flexibility index (Phi) is 7.03. The second-order valence-electron chi connectivity index (χ2n) is 6.77. The van der Waals surface area contributed by atoms with Crippen LogP contribution in [0.25, 0.3) is 5.53 Å². The minimum atomic E-state index is -0.923.